The molecule has 0 spiro atoms. The number of nitrogens with zero attached hydrogens (tertiary/aromatic N) is 1. The van der Waals surface area contributed by atoms with Crippen LogP contribution < -0.4 is 5.32 Å². The molecule has 0 aliphatic heterocycles. The quantitative estimate of drug-likeness (QED) is 0.802. The summed E-state index contributed by atoms with van der Waals surface area (Å²) in [5, 5.41) is 3.26. The number of nitrogens with one attached hydrogen (secondary N) is 1. The Morgan fingerprint density at radius 2 is 2.12 bits per heavy atom. The maximum absolute atomic E-state index is 5.81. The van der Waals surface area contributed by atoms with Gasteiger partial charge in [0.25, 0.3) is 0 Å². The monoisotopic (exact) mass is 222 g/mol. The van der Waals surface area contributed by atoms with Crippen molar-refractivity contribution in [3.05, 3.63) is 24.0 Å². The van der Waals surface area contributed by atoms with Gasteiger partial charge >= 0.3 is 0 Å². The number of aromatic nitrogens is 1. The van der Waals surface area contributed by atoms with E-state index in [4.69, 9.17) is 4.74 Å². The van der Waals surface area contributed by atoms with E-state index in [1.807, 2.05) is 18.3 Å². The number of hydrogen-bond donors (Lipinski definition) is 1. The van der Waals surface area contributed by atoms with Gasteiger partial charge in [0, 0.05) is 18.4 Å². The molecule has 0 atom stereocenters. The van der Waals surface area contributed by atoms with Crippen LogP contribution in [0.4, 0.5) is 5.69 Å². The van der Waals surface area contributed by atoms with Gasteiger partial charge < -0.3 is 10.1 Å². The minimum absolute atomic E-state index is 0.0735. The van der Waals surface area contributed by atoms with Crippen LogP contribution in [0.2, 0.25) is 0 Å². The van der Waals surface area contributed by atoms with Crippen LogP contribution in [0.3, 0.4) is 0 Å². The van der Waals surface area contributed by atoms with Crippen LogP contribution >= 0.6 is 0 Å². The summed E-state index contributed by atoms with van der Waals surface area (Å²) in [6.45, 7) is 9.90. The molecule has 0 unspecified atom stereocenters. The summed E-state index contributed by atoms with van der Waals surface area (Å²) in [6.07, 6.45) is 2.82. The van der Waals surface area contributed by atoms with Gasteiger partial charge in [0.05, 0.1) is 17.9 Å². The van der Waals surface area contributed by atoms with E-state index < -0.39 is 0 Å². The van der Waals surface area contributed by atoms with Crippen molar-refractivity contribution in [2.45, 2.75) is 46.3 Å². The Bertz CT molecular complexity index is 323. The first-order valence-electron chi connectivity index (χ1n) is 5.90. The van der Waals surface area contributed by atoms with E-state index in [0.29, 0.717) is 6.61 Å². The number of ether oxygens (including phenoxy) is 1. The highest BCUT2D eigenvalue weighted by Gasteiger charge is 2.15. The van der Waals surface area contributed by atoms with Gasteiger partial charge in [0.1, 0.15) is 0 Å². The highest BCUT2D eigenvalue weighted by atomic mass is 16.5. The molecule has 0 amide bonds. The second kappa shape index (κ2) is 5.85. The fourth-order valence-electron chi connectivity index (χ4n) is 1.24. The molecule has 1 aromatic rings. The van der Waals surface area contributed by atoms with Crippen molar-refractivity contribution in [3.8, 4) is 0 Å². The topological polar surface area (TPSA) is 34.2 Å². The Morgan fingerprint density at radius 3 is 2.75 bits per heavy atom. The molecule has 3 heteroatoms. The van der Waals surface area contributed by atoms with Crippen LogP contribution in [0.5, 0.6) is 0 Å². The minimum atomic E-state index is -0.0735. The molecule has 0 saturated heterocycles. The average molecular weight is 222 g/mol. The zero-order chi connectivity index (χ0) is 12.0. The highest BCUT2D eigenvalue weighted by Crippen LogP contribution is 2.16. The zero-order valence-corrected chi connectivity index (χ0v) is 10.7. The van der Waals surface area contributed by atoms with Crippen LogP contribution in [0.15, 0.2) is 18.3 Å². The molecule has 0 aromatic carbocycles. The molecule has 16 heavy (non-hydrogen) atoms. The molecule has 3 nitrogen and oxygen atoms in total. The van der Waals surface area contributed by atoms with Gasteiger partial charge in [-0.25, -0.2) is 0 Å². The molecule has 90 valence electrons. The van der Waals surface area contributed by atoms with Gasteiger partial charge in [-0.05, 0) is 39.3 Å². The molecule has 1 heterocycles. The van der Waals surface area contributed by atoms with Crippen LogP contribution in [-0.4, -0.2) is 17.1 Å². The number of hydrogen-bond acceptors (Lipinski definition) is 3. The van der Waals surface area contributed by atoms with E-state index in [1.165, 1.54) is 0 Å². The van der Waals surface area contributed by atoms with E-state index in [1.54, 1.807) is 0 Å². The predicted octanol–water partition coefficient (Wildman–Crippen LogP) is 3.22. The SMILES string of the molecule is CCNc1ccnc(COC(C)(C)CC)c1. The lowest BCUT2D eigenvalue weighted by molar-refractivity contribution is -0.0330. The number of pyridine rings is 1. The lowest BCUT2D eigenvalue weighted by atomic mass is 10.1. The van der Waals surface area contributed by atoms with Crippen molar-refractivity contribution >= 4 is 5.69 Å². The third-order valence-electron chi connectivity index (χ3n) is 2.66. The van der Waals surface area contributed by atoms with Gasteiger partial charge in [0.2, 0.25) is 0 Å². The predicted molar refractivity (Wildman–Crippen MR) is 67.6 cm³/mol. The summed E-state index contributed by atoms with van der Waals surface area (Å²) in [5.74, 6) is 0. The number of anilines is 1. The Labute approximate surface area is 98.2 Å². The fourth-order valence-corrected chi connectivity index (χ4v) is 1.24. The number of rotatable bonds is 6. The molecular formula is C13H22N2O. The largest absolute Gasteiger partial charge is 0.385 e. The zero-order valence-electron chi connectivity index (χ0n) is 10.7. The van der Waals surface area contributed by atoms with Gasteiger partial charge in [-0.3, -0.25) is 4.98 Å². The second-order valence-corrected chi connectivity index (χ2v) is 4.47. The Hall–Kier alpha value is -1.09. The van der Waals surface area contributed by atoms with Gasteiger partial charge in [-0.15, -0.1) is 0 Å². The summed E-state index contributed by atoms with van der Waals surface area (Å²) in [5.41, 5.74) is 2.00. The summed E-state index contributed by atoms with van der Waals surface area (Å²) in [4.78, 5) is 4.29. The molecule has 0 bridgehead atoms. The molecule has 1 N–H and O–H groups in total. The van der Waals surface area contributed by atoms with Gasteiger partial charge in [-0.1, -0.05) is 6.92 Å². The lowest BCUT2D eigenvalue weighted by Gasteiger charge is -2.23. The standard InChI is InChI=1S/C13H22N2O/c1-5-13(3,4)16-10-12-9-11(14-6-2)7-8-15-12/h7-9H,5-6,10H2,1-4H3,(H,14,15). The maximum atomic E-state index is 5.81. The molecule has 0 aliphatic rings. The van der Waals surface area contributed by atoms with E-state index in [0.717, 1.165) is 24.3 Å². The first-order chi connectivity index (χ1) is 7.57. The van der Waals surface area contributed by atoms with Gasteiger partial charge in [0.15, 0.2) is 0 Å². The minimum Gasteiger partial charge on any atom is -0.385 e. The fraction of sp³-hybridized carbons (Fsp3) is 0.615. The van der Waals surface area contributed by atoms with E-state index in [2.05, 4.69) is 38.0 Å². The molecule has 1 rings (SSSR count). The third-order valence-corrected chi connectivity index (χ3v) is 2.66. The first-order valence-corrected chi connectivity index (χ1v) is 5.90. The summed E-state index contributed by atoms with van der Waals surface area (Å²) >= 11 is 0. The second-order valence-electron chi connectivity index (χ2n) is 4.47. The van der Waals surface area contributed by atoms with Crippen molar-refractivity contribution in [1.82, 2.24) is 4.98 Å². The third kappa shape index (κ3) is 4.19. The average Bonchev–Trinajstić information content (AvgIpc) is 2.28. The van der Waals surface area contributed by atoms with Crippen LogP contribution in [0.25, 0.3) is 0 Å². The van der Waals surface area contributed by atoms with E-state index >= 15 is 0 Å². The smallest absolute Gasteiger partial charge is 0.0895 e. The Morgan fingerprint density at radius 1 is 1.38 bits per heavy atom. The molecular weight excluding hydrogens is 200 g/mol. The van der Waals surface area contributed by atoms with E-state index in [9.17, 15) is 0 Å². The first kappa shape index (κ1) is 13.0. The highest BCUT2D eigenvalue weighted by molar-refractivity contribution is 5.42. The summed E-state index contributed by atoms with van der Waals surface area (Å²) in [7, 11) is 0. The molecule has 1 aromatic heterocycles. The van der Waals surface area contributed by atoms with Crippen LogP contribution in [0, 0.1) is 0 Å². The van der Waals surface area contributed by atoms with Crippen molar-refractivity contribution in [3.63, 3.8) is 0 Å². The lowest BCUT2D eigenvalue weighted by Crippen LogP contribution is -2.22. The van der Waals surface area contributed by atoms with Crippen LogP contribution in [-0.2, 0) is 11.3 Å². The molecule has 0 saturated carbocycles. The maximum Gasteiger partial charge on any atom is 0.0895 e. The van der Waals surface area contributed by atoms with E-state index in [-0.39, 0.29) is 5.60 Å². The molecule has 0 radical (unpaired) electrons. The van der Waals surface area contributed by atoms with Crippen molar-refractivity contribution in [2.75, 3.05) is 11.9 Å². The normalized spacial score (nSPS) is 11.5. The Balaban J connectivity index is 2.57. The van der Waals surface area contributed by atoms with Crippen LogP contribution in [0.1, 0.15) is 39.8 Å². The van der Waals surface area contributed by atoms with Crippen molar-refractivity contribution in [1.29, 1.82) is 0 Å². The van der Waals surface area contributed by atoms with Gasteiger partial charge in [-0.2, -0.15) is 0 Å². The molecule has 0 fully saturated rings. The van der Waals surface area contributed by atoms with Crippen molar-refractivity contribution < 1.29 is 4.74 Å². The summed E-state index contributed by atoms with van der Waals surface area (Å²) < 4.78 is 5.81. The Kier molecular flexibility index (Phi) is 4.74. The van der Waals surface area contributed by atoms with Crippen molar-refractivity contribution in [2.24, 2.45) is 0 Å². The molecule has 0 aliphatic carbocycles. The summed E-state index contributed by atoms with van der Waals surface area (Å²) in [6, 6.07) is 4.01.